The molecule has 1 amide bonds. The summed E-state index contributed by atoms with van der Waals surface area (Å²) in [7, 11) is 0. The number of nitrogens with one attached hydrogen (secondary N) is 1. The number of amides is 1. The number of carbonyl (C=O) groups excluding carboxylic acids is 1. The van der Waals surface area contributed by atoms with E-state index >= 15 is 0 Å². The van der Waals surface area contributed by atoms with Crippen molar-refractivity contribution in [3.8, 4) is 0 Å². The van der Waals surface area contributed by atoms with Gasteiger partial charge in [0.15, 0.2) is 0 Å². The fraction of sp³-hybridized carbons (Fsp3) is 0.923. The number of hydrogen-bond acceptors (Lipinski definition) is 2. The van der Waals surface area contributed by atoms with Crippen LogP contribution in [0.3, 0.4) is 0 Å². The molecule has 1 saturated heterocycles. The fourth-order valence-electron chi connectivity index (χ4n) is 2.05. The van der Waals surface area contributed by atoms with Crippen LogP contribution in [0.25, 0.3) is 0 Å². The van der Waals surface area contributed by atoms with Crippen molar-refractivity contribution in [2.45, 2.75) is 39.5 Å². The Kier molecular flexibility index (Phi) is 6.49. The van der Waals surface area contributed by atoms with E-state index in [1.807, 2.05) is 0 Å². The maximum atomic E-state index is 11.9. The first-order chi connectivity index (χ1) is 8.05. The van der Waals surface area contributed by atoms with Crippen molar-refractivity contribution in [1.29, 1.82) is 0 Å². The first kappa shape index (κ1) is 15.0. The maximum absolute atomic E-state index is 11.9. The van der Waals surface area contributed by atoms with Gasteiger partial charge in [-0.3, -0.25) is 4.79 Å². The molecule has 1 heterocycles. The van der Waals surface area contributed by atoms with E-state index in [1.54, 1.807) is 0 Å². The van der Waals surface area contributed by atoms with Crippen LogP contribution < -0.4 is 5.32 Å². The Morgan fingerprint density at radius 3 is 2.88 bits per heavy atom. The molecule has 1 fully saturated rings. The van der Waals surface area contributed by atoms with Gasteiger partial charge in [-0.1, -0.05) is 29.8 Å². The molecule has 1 unspecified atom stereocenters. The lowest BCUT2D eigenvalue weighted by molar-refractivity contribution is -0.129. The van der Waals surface area contributed by atoms with E-state index in [-0.39, 0.29) is 17.2 Å². The molecule has 0 aromatic rings. The second-order valence-corrected chi connectivity index (χ2v) is 6.38. The fourth-order valence-corrected chi connectivity index (χ4v) is 2.33. The summed E-state index contributed by atoms with van der Waals surface area (Å²) in [6.07, 6.45) is 4.24. The lowest BCUT2D eigenvalue weighted by atomic mass is 9.88. The number of halogens is 1. The third kappa shape index (κ3) is 5.87. The average Bonchev–Trinajstić information content (AvgIpc) is 2.35. The van der Waals surface area contributed by atoms with Gasteiger partial charge in [0, 0.05) is 18.5 Å². The topological polar surface area (TPSA) is 38.3 Å². The first-order valence-electron chi connectivity index (χ1n) is 6.46. The van der Waals surface area contributed by atoms with E-state index in [0.717, 1.165) is 44.2 Å². The summed E-state index contributed by atoms with van der Waals surface area (Å²) in [6, 6.07) is 0. The van der Waals surface area contributed by atoms with Gasteiger partial charge in [0.25, 0.3) is 0 Å². The molecule has 0 aliphatic carbocycles. The molecule has 1 atom stereocenters. The normalized spacial score (nSPS) is 21.2. The molecule has 0 radical (unpaired) electrons. The molecular weight excluding hydrogens is 282 g/mol. The minimum absolute atomic E-state index is 0.0655. The number of carbonyl (C=O) groups is 1. The molecule has 1 aliphatic heterocycles. The molecule has 3 nitrogen and oxygen atoms in total. The van der Waals surface area contributed by atoms with Gasteiger partial charge in [0.1, 0.15) is 0 Å². The number of alkyl halides is 1. The minimum atomic E-state index is 0.0655. The number of rotatable bonds is 6. The van der Waals surface area contributed by atoms with Crippen LogP contribution in [-0.2, 0) is 9.53 Å². The third-order valence-corrected chi connectivity index (χ3v) is 3.82. The predicted molar refractivity (Wildman–Crippen MR) is 73.4 cm³/mol. The van der Waals surface area contributed by atoms with Crippen LogP contribution >= 0.6 is 15.9 Å². The van der Waals surface area contributed by atoms with Gasteiger partial charge in [-0.25, -0.2) is 0 Å². The first-order valence-corrected chi connectivity index (χ1v) is 7.59. The van der Waals surface area contributed by atoms with Crippen LogP contribution in [0.2, 0.25) is 0 Å². The van der Waals surface area contributed by atoms with Gasteiger partial charge in [0.05, 0.1) is 12.5 Å². The zero-order valence-electron chi connectivity index (χ0n) is 10.9. The lowest BCUT2D eigenvalue weighted by Gasteiger charge is -2.27. The Morgan fingerprint density at radius 1 is 1.53 bits per heavy atom. The standard InChI is InChI=1S/C13H24BrNO2/c1-13(2,6-4-7-14)10-15-12(16)11-5-3-8-17-9-11/h11H,3-10H2,1-2H3,(H,15,16). The molecule has 1 N–H and O–H groups in total. The van der Waals surface area contributed by atoms with Crippen molar-refractivity contribution in [3.63, 3.8) is 0 Å². The molecular formula is C13H24BrNO2. The molecule has 0 aromatic heterocycles. The van der Waals surface area contributed by atoms with Crippen molar-refractivity contribution >= 4 is 21.8 Å². The third-order valence-electron chi connectivity index (χ3n) is 3.26. The Bertz CT molecular complexity index is 238. The number of ether oxygens (including phenoxy) is 1. The van der Waals surface area contributed by atoms with Gasteiger partial charge in [-0.2, -0.15) is 0 Å². The largest absolute Gasteiger partial charge is 0.381 e. The summed E-state index contributed by atoms with van der Waals surface area (Å²) in [5, 5.41) is 4.10. The van der Waals surface area contributed by atoms with E-state index in [2.05, 4.69) is 35.1 Å². The van der Waals surface area contributed by atoms with Gasteiger partial charge < -0.3 is 10.1 Å². The van der Waals surface area contributed by atoms with Crippen LogP contribution in [0.1, 0.15) is 39.5 Å². The zero-order chi connectivity index (χ0) is 12.7. The highest BCUT2D eigenvalue weighted by atomic mass is 79.9. The van der Waals surface area contributed by atoms with Crippen molar-refractivity contribution in [2.24, 2.45) is 11.3 Å². The van der Waals surface area contributed by atoms with Crippen molar-refractivity contribution < 1.29 is 9.53 Å². The van der Waals surface area contributed by atoms with Crippen molar-refractivity contribution in [2.75, 3.05) is 25.1 Å². The van der Waals surface area contributed by atoms with E-state index < -0.39 is 0 Å². The van der Waals surface area contributed by atoms with Crippen LogP contribution in [0, 0.1) is 11.3 Å². The molecule has 1 rings (SSSR count). The molecule has 0 spiro atoms. The van der Waals surface area contributed by atoms with Gasteiger partial charge >= 0.3 is 0 Å². The van der Waals surface area contributed by atoms with E-state index in [1.165, 1.54) is 0 Å². The van der Waals surface area contributed by atoms with Crippen molar-refractivity contribution in [3.05, 3.63) is 0 Å². The SMILES string of the molecule is CC(C)(CCCBr)CNC(=O)C1CCCOC1. The average molecular weight is 306 g/mol. The summed E-state index contributed by atoms with van der Waals surface area (Å²) in [4.78, 5) is 11.9. The Balaban J connectivity index is 2.26. The summed E-state index contributed by atoms with van der Waals surface area (Å²) in [6.45, 7) is 6.56. The Labute approximate surface area is 113 Å². The van der Waals surface area contributed by atoms with Crippen LogP contribution in [0.15, 0.2) is 0 Å². The highest BCUT2D eigenvalue weighted by Gasteiger charge is 2.24. The summed E-state index contributed by atoms with van der Waals surface area (Å²) >= 11 is 3.44. The Hall–Kier alpha value is -0.0900. The van der Waals surface area contributed by atoms with Crippen LogP contribution in [0.4, 0.5) is 0 Å². The summed E-state index contributed by atoms with van der Waals surface area (Å²) < 4.78 is 5.33. The van der Waals surface area contributed by atoms with E-state index in [4.69, 9.17) is 4.74 Å². The second kappa shape index (κ2) is 7.37. The quantitative estimate of drug-likeness (QED) is 0.766. The van der Waals surface area contributed by atoms with Crippen molar-refractivity contribution in [1.82, 2.24) is 5.32 Å². The number of hydrogen-bond donors (Lipinski definition) is 1. The predicted octanol–water partition coefficient (Wildman–Crippen LogP) is 2.73. The molecule has 0 aromatic carbocycles. The second-order valence-electron chi connectivity index (χ2n) is 5.59. The lowest BCUT2D eigenvalue weighted by Crippen LogP contribution is -2.40. The monoisotopic (exact) mass is 305 g/mol. The maximum Gasteiger partial charge on any atom is 0.225 e. The van der Waals surface area contributed by atoms with Gasteiger partial charge in [0.2, 0.25) is 5.91 Å². The summed E-state index contributed by atoms with van der Waals surface area (Å²) in [5.41, 5.74) is 0.180. The molecule has 0 saturated carbocycles. The Morgan fingerprint density at radius 2 is 2.29 bits per heavy atom. The van der Waals surface area contributed by atoms with Gasteiger partial charge in [-0.15, -0.1) is 0 Å². The highest BCUT2D eigenvalue weighted by Crippen LogP contribution is 2.22. The molecule has 17 heavy (non-hydrogen) atoms. The zero-order valence-corrected chi connectivity index (χ0v) is 12.5. The minimum Gasteiger partial charge on any atom is -0.381 e. The summed E-state index contributed by atoms with van der Waals surface area (Å²) in [5.74, 6) is 0.229. The van der Waals surface area contributed by atoms with E-state index in [9.17, 15) is 4.79 Å². The molecule has 100 valence electrons. The smallest absolute Gasteiger partial charge is 0.225 e. The van der Waals surface area contributed by atoms with Crippen LogP contribution in [0.5, 0.6) is 0 Å². The van der Waals surface area contributed by atoms with Crippen LogP contribution in [-0.4, -0.2) is 31.0 Å². The molecule has 0 bridgehead atoms. The van der Waals surface area contributed by atoms with E-state index in [0.29, 0.717) is 6.61 Å². The highest BCUT2D eigenvalue weighted by molar-refractivity contribution is 9.09. The molecule has 4 heteroatoms. The molecule has 1 aliphatic rings. The van der Waals surface area contributed by atoms with Gasteiger partial charge in [-0.05, 0) is 31.1 Å².